The van der Waals surface area contributed by atoms with Gasteiger partial charge >= 0.3 is 0 Å². The molecule has 0 bridgehead atoms. The molecule has 0 atom stereocenters. The summed E-state index contributed by atoms with van der Waals surface area (Å²) in [7, 11) is 3.89. The molecule has 0 saturated carbocycles. The van der Waals surface area contributed by atoms with Crippen molar-refractivity contribution in [3.8, 4) is 0 Å². The van der Waals surface area contributed by atoms with E-state index in [-0.39, 0.29) is 0 Å². The zero-order chi connectivity index (χ0) is 22.8. The molecule has 1 heterocycles. The van der Waals surface area contributed by atoms with E-state index in [1.165, 1.54) is 27.8 Å². The highest BCUT2D eigenvalue weighted by atomic mass is 16.3. The van der Waals surface area contributed by atoms with Gasteiger partial charge in [0, 0.05) is 36.4 Å². The van der Waals surface area contributed by atoms with E-state index >= 15 is 0 Å². The van der Waals surface area contributed by atoms with Crippen LogP contribution in [0.3, 0.4) is 0 Å². The molecule has 5 rings (SSSR count). The van der Waals surface area contributed by atoms with Crippen LogP contribution in [0, 0.1) is 6.92 Å². The van der Waals surface area contributed by atoms with Gasteiger partial charge in [0.1, 0.15) is 11.3 Å². The number of anilines is 1. The fourth-order valence-corrected chi connectivity index (χ4v) is 3.77. The number of furan rings is 1. The third-order valence-corrected chi connectivity index (χ3v) is 5.39. The van der Waals surface area contributed by atoms with Crippen molar-refractivity contribution in [3.63, 3.8) is 0 Å². The molecule has 2 N–H and O–H groups in total. The summed E-state index contributed by atoms with van der Waals surface area (Å²) in [6, 6.07) is 28.7. The summed E-state index contributed by atoms with van der Waals surface area (Å²) in [6.07, 6.45) is 4.17. The second-order valence-electron chi connectivity index (χ2n) is 7.51. The van der Waals surface area contributed by atoms with Gasteiger partial charge in [-0.3, -0.25) is 0 Å². The number of hydrogen-bond donors (Lipinski definition) is 2. The van der Waals surface area contributed by atoms with E-state index in [0.29, 0.717) is 0 Å². The minimum Gasteiger partial charge on any atom is -0.461 e. The third kappa shape index (κ3) is 5.92. The highest BCUT2D eigenvalue weighted by Crippen LogP contribution is 2.30. The summed E-state index contributed by atoms with van der Waals surface area (Å²) in [5, 5.41) is 7.46. The molecule has 3 aromatic carbocycles. The number of benzene rings is 3. The van der Waals surface area contributed by atoms with Gasteiger partial charge in [0.15, 0.2) is 0 Å². The first-order valence-electron chi connectivity index (χ1n) is 11.0. The number of aryl methyl sites for hydroxylation is 2. The van der Waals surface area contributed by atoms with E-state index in [2.05, 4.69) is 41.5 Å². The Hall–Kier alpha value is -3.72. The first-order valence-corrected chi connectivity index (χ1v) is 11.0. The molecule has 1 aliphatic carbocycles. The maximum Gasteiger partial charge on any atom is 0.134 e. The summed E-state index contributed by atoms with van der Waals surface area (Å²) in [4.78, 5) is 0. The van der Waals surface area contributed by atoms with Crippen LogP contribution in [0.15, 0.2) is 108 Å². The van der Waals surface area contributed by atoms with Crippen molar-refractivity contribution in [2.75, 3.05) is 19.4 Å². The molecule has 3 nitrogen and oxygen atoms in total. The Morgan fingerprint density at radius 1 is 0.812 bits per heavy atom. The lowest BCUT2D eigenvalue weighted by atomic mass is 9.89. The topological polar surface area (TPSA) is 37.2 Å². The molecule has 0 spiro atoms. The van der Waals surface area contributed by atoms with E-state index in [9.17, 15) is 0 Å². The van der Waals surface area contributed by atoms with Crippen molar-refractivity contribution in [1.82, 2.24) is 5.32 Å². The molecule has 0 radical (unpaired) electrons. The summed E-state index contributed by atoms with van der Waals surface area (Å²) >= 11 is 0. The lowest BCUT2D eigenvalue weighted by Crippen LogP contribution is -2.14. The average molecular weight is 425 g/mol. The Morgan fingerprint density at radius 2 is 1.50 bits per heavy atom. The third-order valence-electron chi connectivity index (χ3n) is 5.39. The van der Waals surface area contributed by atoms with E-state index in [0.717, 1.165) is 29.9 Å². The standard InChI is InChI=1S/C13H15N.C9H8O.C7H9N/c1-3-11-12-7-5-4-6-10(12)8-9-13(11)14-2;1-7-6-8-4-2-3-5-9(8)10-7;1-8-7-5-3-2-4-6-7/h3-7,14H,1,8-9H2,2H3;2-6H,1H3;2-6,8H,1H3. The number of nitrogens with one attached hydrogen (secondary N) is 2. The molecule has 1 aliphatic rings. The SMILES string of the molecule is C=CC1=C(NC)CCc2ccccc21.CNc1ccccc1.Cc1cc2ccccc2o1. The molecule has 4 aromatic rings. The van der Waals surface area contributed by atoms with Gasteiger partial charge in [-0.2, -0.15) is 0 Å². The van der Waals surface area contributed by atoms with Crippen molar-refractivity contribution < 1.29 is 4.42 Å². The van der Waals surface area contributed by atoms with E-state index in [1.807, 2.05) is 87.8 Å². The number of hydrogen-bond acceptors (Lipinski definition) is 3. The minimum absolute atomic E-state index is 0.972. The molecule has 164 valence electrons. The predicted octanol–water partition coefficient (Wildman–Crippen LogP) is 7.22. The Labute approximate surface area is 191 Å². The summed E-state index contributed by atoms with van der Waals surface area (Å²) < 4.78 is 5.37. The van der Waals surface area contributed by atoms with Crippen molar-refractivity contribution in [1.29, 1.82) is 0 Å². The maximum absolute atomic E-state index is 5.37. The van der Waals surface area contributed by atoms with Crippen LogP contribution in [-0.2, 0) is 6.42 Å². The maximum atomic E-state index is 5.37. The van der Waals surface area contributed by atoms with Gasteiger partial charge in [0.2, 0.25) is 0 Å². The monoisotopic (exact) mass is 424 g/mol. The van der Waals surface area contributed by atoms with Crippen LogP contribution in [0.1, 0.15) is 23.3 Å². The lowest BCUT2D eigenvalue weighted by molar-refractivity contribution is 0.578. The van der Waals surface area contributed by atoms with Crippen molar-refractivity contribution in [2.45, 2.75) is 19.8 Å². The summed E-state index contributed by atoms with van der Waals surface area (Å²) in [5.74, 6) is 0.973. The van der Waals surface area contributed by atoms with Crippen LogP contribution in [0.25, 0.3) is 16.5 Å². The number of fused-ring (bicyclic) bond motifs is 2. The second-order valence-corrected chi connectivity index (χ2v) is 7.51. The van der Waals surface area contributed by atoms with Gasteiger partial charge in [0.25, 0.3) is 0 Å². The van der Waals surface area contributed by atoms with E-state index < -0.39 is 0 Å². The number of allylic oxidation sites excluding steroid dienone is 3. The minimum atomic E-state index is 0.972. The summed E-state index contributed by atoms with van der Waals surface area (Å²) in [6.45, 7) is 5.84. The fraction of sp³-hybridized carbons (Fsp3) is 0.172. The number of rotatable bonds is 3. The molecule has 0 unspecified atom stereocenters. The average Bonchev–Trinajstić information content (AvgIpc) is 3.24. The molecule has 3 heteroatoms. The fourth-order valence-electron chi connectivity index (χ4n) is 3.77. The Balaban J connectivity index is 0.000000142. The van der Waals surface area contributed by atoms with Crippen molar-refractivity contribution in [2.24, 2.45) is 0 Å². The predicted molar refractivity (Wildman–Crippen MR) is 138 cm³/mol. The molecule has 32 heavy (non-hydrogen) atoms. The molecule has 0 amide bonds. The Morgan fingerprint density at radius 3 is 2.16 bits per heavy atom. The van der Waals surface area contributed by atoms with Gasteiger partial charge in [-0.05, 0) is 55.2 Å². The lowest BCUT2D eigenvalue weighted by Gasteiger charge is -2.21. The highest BCUT2D eigenvalue weighted by molar-refractivity contribution is 5.79. The molecule has 1 aromatic heterocycles. The van der Waals surface area contributed by atoms with Gasteiger partial charge < -0.3 is 15.1 Å². The van der Waals surface area contributed by atoms with E-state index in [4.69, 9.17) is 4.42 Å². The quantitative estimate of drug-likeness (QED) is 0.364. The smallest absolute Gasteiger partial charge is 0.134 e. The molecule has 0 aliphatic heterocycles. The van der Waals surface area contributed by atoms with Crippen molar-refractivity contribution >= 4 is 22.2 Å². The normalized spacial score (nSPS) is 12.0. The van der Waals surface area contributed by atoms with Gasteiger partial charge in [-0.15, -0.1) is 0 Å². The zero-order valence-corrected chi connectivity index (χ0v) is 19.2. The van der Waals surface area contributed by atoms with Gasteiger partial charge in [-0.1, -0.05) is 73.3 Å². The van der Waals surface area contributed by atoms with Crippen LogP contribution >= 0.6 is 0 Å². The van der Waals surface area contributed by atoms with E-state index in [1.54, 1.807) is 0 Å². The van der Waals surface area contributed by atoms with Crippen LogP contribution in [0.4, 0.5) is 5.69 Å². The van der Waals surface area contributed by atoms with Crippen LogP contribution in [0.2, 0.25) is 0 Å². The summed E-state index contributed by atoms with van der Waals surface area (Å²) in [5.41, 5.74) is 7.46. The molecule has 0 saturated heterocycles. The van der Waals surface area contributed by atoms with Crippen LogP contribution in [-0.4, -0.2) is 14.1 Å². The van der Waals surface area contributed by atoms with Crippen LogP contribution in [0.5, 0.6) is 0 Å². The molecular weight excluding hydrogens is 392 g/mol. The first-order chi connectivity index (χ1) is 15.7. The Kier molecular flexibility index (Phi) is 8.33. The highest BCUT2D eigenvalue weighted by Gasteiger charge is 2.14. The molecule has 0 fully saturated rings. The largest absolute Gasteiger partial charge is 0.461 e. The Bertz CT molecular complexity index is 1140. The van der Waals surface area contributed by atoms with Crippen LogP contribution < -0.4 is 10.6 Å². The second kappa shape index (κ2) is 11.6. The zero-order valence-electron chi connectivity index (χ0n) is 19.2. The number of para-hydroxylation sites is 2. The molecular formula is C29H32N2O. The van der Waals surface area contributed by atoms with Crippen molar-refractivity contribution in [3.05, 3.63) is 120 Å². The van der Waals surface area contributed by atoms with Gasteiger partial charge in [0.05, 0.1) is 0 Å². The van der Waals surface area contributed by atoms with Gasteiger partial charge in [-0.25, -0.2) is 0 Å². The first kappa shape index (κ1) is 23.0.